The summed E-state index contributed by atoms with van der Waals surface area (Å²) in [6.45, 7) is 6.11. The summed E-state index contributed by atoms with van der Waals surface area (Å²) < 4.78 is 9.81. The lowest BCUT2D eigenvalue weighted by molar-refractivity contribution is -0.432. The van der Waals surface area contributed by atoms with Gasteiger partial charge in [0.2, 0.25) is 0 Å². The number of benzene rings is 2. The normalized spacial score (nSPS) is 11.3. The van der Waals surface area contributed by atoms with Crippen molar-refractivity contribution in [2.45, 2.75) is 31.1 Å². The lowest BCUT2D eigenvalue weighted by Crippen LogP contribution is -2.13. The highest BCUT2D eigenvalue weighted by atomic mass is 32.2. The molecule has 0 aliphatic carbocycles. The highest BCUT2D eigenvalue weighted by Crippen LogP contribution is 2.35. The Balaban J connectivity index is 2.31. The summed E-state index contributed by atoms with van der Waals surface area (Å²) in [6.07, 6.45) is 0. The highest BCUT2D eigenvalue weighted by molar-refractivity contribution is 7.94. The van der Waals surface area contributed by atoms with E-state index in [1.807, 2.05) is 26.8 Å². The molecule has 0 aliphatic rings. The van der Waals surface area contributed by atoms with Crippen molar-refractivity contribution in [2.24, 2.45) is 0 Å². The molecule has 24 heavy (non-hydrogen) atoms. The van der Waals surface area contributed by atoms with Crippen molar-refractivity contribution in [3.8, 4) is 11.5 Å². The smallest absolute Gasteiger partial charge is 0.347 e. The van der Waals surface area contributed by atoms with Gasteiger partial charge in [-0.25, -0.2) is 10.1 Å². The number of carbonyl (C=O) groups excluding carboxylic acids is 1. The van der Waals surface area contributed by atoms with E-state index in [4.69, 9.17) is 9.99 Å². The van der Waals surface area contributed by atoms with Crippen molar-refractivity contribution in [1.82, 2.24) is 0 Å². The number of esters is 1. The van der Waals surface area contributed by atoms with Crippen LogP contribution in [0, 0.1) is 0 Å². The average Bonchev–Trinajstić information content (AvgIpc) is 2.53. The van der Waals surface area contributed by atoms with Crippen molar-refractivity contribution in [3.63, 3.8) is 0 Å². The fraction of sp³-hybridized carbons (Fsp3) is 0.235. The van der Waals surface area contributed by atoms with Gasteiger partial charge in [-0.1, -0.05) is 44.0 Å². The second kappa shape index (κ2) is 7.67. The molecular formula is C17H18O6S. The largest absolute Gasteiger partial charge is 0.507 e. The van der Waals surface area contributed by atoms with Gasteiger partial charge in [-0.15, -0.1) is 4.33 Å². The first-order valence-electron chi connectivity index (χ1n) is 7.12. The van der Waals surface area contributed by atoms with Crippen molar-refractivity contribution < 1.29 is 29.3 Å². The Morgan fingerprint density at radius 2 is 1.83 bits per heavy atom. The van der Waals surface area contributed by atoms with E-state index in [-0.39, 0.29) is 22.5 Å². The van der Waals surface area contributed by atoms with E-state index in [9.17, 15) is 9.90 Å². The quantitative estimate of drug-likeness (QED) is 0.273. The fourth-order valence-corrected chi connectivity index (χ4v) is 2.45. The lowest BCUT2D eigenvalue weighted by Gasteiger charge is -2.20. The molecule has 0 saturated heterocycles. The minimum absolute atomic E-state index is 0.0488. The number of hydrogen-bond donors (Lipinski definition) is 2. The summed E-state index contributed by atoms with van der Waals surface area (Å²) in [7, 11) is 0. The van der Waals surface area contributed by atoms with Gasteiger partial charge in [0.15, 0.2) is 0 Å². The molecule has 0 unspecified atom stereocenters. The topological polar surface area (TPSA) is 85.2 Å². The summed E-state index contributed by atoms with van der Waals surface area (Å²) in [4.78, 5) is 12.7. The molecule has 0 aromatic heterocycles. The van der Waals surface area contributed by atoms with Gasteiger partial charge in [-0.05, 0) is 35.2 Å². The molecule has 0 saturated carbocycles. The molecule has 0 heterocycles. The Kier molecular flexibility index (Phi) is 5.84. The van der Waals surface area contributed by atoms with Crippen LogP contribution >= 0.6 is 12.0 Å². The Morgan fingerprint density at radius 1 is 1.12 bits per heavy atom. The molecule has 0 aliphatic heterocycles. The lowest BCUT2D eigenvalue weighted by atomic mass is 9.87. The maximum Gasteiger partial charge on any atom is 0.347 e. The molecule has 2 N–H and O–H groups in total. The third-order valence-electron chi connectivity index (χ3n) is 3.29. The summed E-state index contributed by atoms with van der Waals surface area (Å²) in [5, 5.41) is 21.7. The van der Waals surface area contributed by atoms with E-state index in [2.05, 4.69) is 9.37 Å². The Bertz CT molecular complexity index is 723. The second-order valence-electron chi connectivity index (χ2n) is 6.04. The van der Waals surface area contributed by atoms with Crippen LogP contribution in [0.3, 0.4) is 0 Å². The van der Waals surface area contributed by atoms with Gasteiger partial charge >= 0.3 is 5.97 Å². The maximum absolute atomic E-state index is 12.2. The van der Waals surface area contributed by atoms with Crippen LogP contribution in [0.4, 0.5) is 0 Å². The zero-order valence-electron chi connectivity index (χ0n) is 13.5. The third-order valence-corrected chi connectivity index (χ3v) is 3.92. The first-order valence-corrected chi connectivity index (χ1v) is 7.86. The van der Waals surface area contributed by atoms with Crippen molar-refractivity contribution >= 4 is 18.0 Å². The maximum atomic E-state index is 12.2. The summed E-state index contributed by atoms with van der Waals surface area (Å²) >= 11 is 0.707. The van der Waals surface area contributed by atoms with Gasteiger partial charge in [-0.2, -0.15) is 0 Å². The molecule has 2 aromatic rings. The van der Waals surface area contributed by atoms with Gasteiger partial charge < -0.3 is 9.84 Å². The van der Waals surface area contributed by atoms with Crippen LogP contribution in [-0.4, -0.2) is 16.3 Å². The van der Waals surface area contributed by atoms with Crippen LogP contribution < -0.4 is 4.74 Å². The first kappa shape index (κ1) is 18.3. The predicted molar refractivity (Wildman–Crippen MR) is 88.9 cm³/mol. The van der Waals surface area contributed by atoms with Crippen LogP contribution in [0.15, 0.2) is 47.4 Å². The molecule has 0 bridgehead atoms. The van der Waals surface area contributed by atoms with Gasteiger partial charge in [-0.3, -0.25) is 0 Å². The van der Waals surface area contributed by atoms with E-state index in [0.717, 1.165) is 5.56 Å². The average molecular weight is 350 g/mol. The number of para-hydroxylation sites is 1. The molecule has 0 amide bonds. The Morgan fingerprint density at radius 3 is 2.46 bits per heavy atom. The molecule has 128 valence electrons. The Labute approximate surface area is 144 Å². The van der Waals surface area contributed by atoms with Crippen molar-refractivity contribution in [2.75, 3.05) is 0 Å². The minimum Gasteiger partial charge on any atom is -0.507 e. The zero-order chi connectivity index (χ0) is 17.7. The first-order chi connectivity index (χ1) is 11.3. The van der Waals surface area contributed by atoms with Crippen LogP contribution in [0.2, 0.25) is 0 Å². The number of phenolic OH excluding ortho intramolecular Hbond substituents is 1. The predicted octanol–water partition coefficient (Wildman–Crippen LogP) is 4.34. The molecule has 0 radical (unpaired) electrons. The number of hydrogen-bond acceptors (Lipinski definition) is 7. The number of carbonyl (C=O) groups is 1. The summed E-state index contributed by atoms with van der Waals surface area (Å²) in [5.41, 5.74) is 0.900. The van der Waals surface area contributed by atoms with E-state index < -0.39 is 5.97 Å². The fourth-order valence-electron chi connectivity index (χ4n) is 1.98. The Hall–Kier alpha value is -2.06. The highest BCUT2D eigenvalue weighted by Gasteiger charge is 2.20. The zero-order valence-corrected chi connectivity index (χ0v) is 14.3. The van der Waals surface area contributed by atoms with Crippen molar-refractivity contribution in [3.05, 3.63) is 53.6 Å². The number of phenols is 1. The van der Waals surface area contributed by atoms with Crippen LogP contribution in [0.25, 0.3) is 0 Å². The van der Waals surface area contributed by atoms with E-state index in [1.54, 1.807) is 24.3 Å². The molecule has 7 heteroatoms. The van der Waals surface area contributed by atoms with Gasteiger partial charge in [0.25, 0.3) is 0 Å². The van der Waals surface area contributed by atoms with E-state index >= 15 is 0 Å². The van der Waals surface area contributed by atoms with Crippen molar-refractivity contribution in [1.29, 1.82) is 0 Å². The molecular weight excluding hydrogens is 332 g/mol. The van der Waals surface area contributed by atoms with Gasteiger partial charge in [0.1, 0.15) is 17.1 Å². The summed E-state index contributed by atoms with van der Waals surface area (Å²) in [6, 6.07) is 11.3. The molecule has 0 spiro atoms. The number of aromatic hydroxyl groups is 1. The van der Waals surface area contributed by atoms with Crippen LogP contribution in [0.5, 0.6) is 11.5 Å². The number of rotatable bonds is 5. The van der Waals surface area contributed by atoms with Gasteiger partial charge in [0.05, 0.1) is 16.9 Å². The van der Waals surface area contributed by atoms with Crippen LogP contribution in [-0.2, 0) is 14.8 Å². The molecule has 2 aromatic carbocycles. The number of ether oxygens (including phenoxy) is 1. The van der Waals surface area contributed by atoms with Gasteiger partial charge in [0, 0.05) is 0 Å². The molecule has 0 atom stereocenters. The third kappa shape index (κ3) is 4.48. The summed E-state index contributed by atoms with van der Waals surface area (Å²) in [5.74, 6) is -0.653. The second-order valence-corrected chi connectivity index (χ2v) is 6.79. The minimum atomic E-state index is -0.705. The monoisotopic (exact) mass is 350 g/mol. The van der Waals surface area contributed by atoms with E-state index in [1.165, 1.54) is 12.1 Å². The molecule has 2 rings (SSSR count). The van der Waals surface area contributed by atoms with E-state index in [0.29, 0.717) is 16.9 Å². The van der Waals surface area contributed by atoms with Crippen LogP contribution in [0.1, 0.15) is 36.7 Å². The SMILES string of the molecule is CC(C)(C)c1ccc(OC(=O)c2ccccc2O)c(SOOO)c1. The molecule has 6 nitrogen and oxygen atoms in total. The molecule has 0 fully saturated rings. The standard InChI is InChI=1S/C17H18O6S/c1-17(2,3)11-8-9-14(15(10-11)24-23-22-20)21-16(19)12-6-4-5-7-13(12)18/h4-10,18,20H,1-3H3.